The summed E-state index contributed by atoms with van der Waals surface area (Å²) < 4.78 is 43.8. The molecule has 1 heterocycles. The predicted octanol–water partition coefficient (Wildman–Crippen LogP) is 2.81. The van der Waals surface area contributed by atoms with Crippen LogP contribution < -0.4 is 4.74 Å². The molecule has 0 unspecified atom stereocenters. The second-order valence-electron chi connectivity index (χ2n) is 3.62. The average molecular weight is 270 g/mol. The molecule has 19 heavy (non-hydrogen) atoms. The van der Waals surface area contributed by atoms with E-state index in [0.29, 0.717) is 10.9 Å². The molecule has 0 aliphatic heterocycles. The molecule has 1 aromatic carbocycles. The maximum atomic E-state index is 12.9. The van der Waals surface area contributed by atoms with E-state index in [1.54, 1.807) is 0 Å². The Bertz CT molecular complexity index is 584. The number of halogens is 3. The standard InChI is InChI=1S/C12H9F3N2O2/c13-9-1-2-10(8(5-9)6-18)19-7-11-16-3-4-17(11)12(14)15/h1-6,12H,7H2. The van der Waals surface area contributed by atoms with Crippen LogP contribution in [0.1, 0.15) is 22.7 Å². The second kappa shape index (κ2) is 5.55. The first-order chi connectivity index (χ1) is 9.11. The zero-order valence-corrected chi connectivity index (χ0v) is 9.59. The zero-order valence-electron chi connectivity index (χ0n) is 9.59. The summed E-state index contributed by atoms with van der Waals surface area (Å²) in [6, 6.07) is 3.37. The van der Waals surface area contributed by atoms with Crippen molar-refractivity contribution in [2.75, 3.05) is 0 Å². The van der Waals surface area contributed by atoms with E-state index in [9.17, 15) is 18.0 Å². The molecule has 0 saturated carbocycles. The highest BCUT2D eigenvalue weighted by atomic mass is 19.3. The van der Waals surface area contributed by atoms with E-state index in [-0.39, 0.29) is 23.7 Å². The lowest BCUT2D eigenvalue weighted by molar-refractivity contribution is 0.0631. The molecule has 0 spiro atoms. The number of hydrogen-bond donors (Lipinski definition) is 0. The van der Waals surface area contributed by atoms with E-state index >= 15 is 0 Å². The topological polar surface area (TPSA) is 44.1 Å². The van der Waals surface area contributed by atoms with Gasteiger partial charge in [0.05, 0.1) is 5.56 Å². The maximum absolute atomic E-state index is 12.9. The number of alkyl halides is 2. The van der Waals surface area contributed by atoms with Gasteiger partial charge in [-0.25, -0.2) is 9.37 Å². The van der Waals surface area contributed by atoms with Gasteiger partial charge in [-0.2, -0.15) is 8.78 Å². The van der Waals surface area contributed by atoms with Crippen LogP contribution in [0.25, 0.3) is 0 Å². The Hall–Kier alpha value is -2.31. The molecule has 7 heteroatoms. The smallest absolute Gasteiger partial charge is 0.320 e. The van der Waals surface area contributed by atoms with Gasteiger partial charge in [0.25, 0.3) is 0 Å². The SMILES string of the molecule is O=Cc1cc(F)ccc1OCc1nccn1C(F)F. The molecular weight excluding hydrogens is 261 g/mol. The van der Waals surface area contributed by atoms with Crippen molar-refractivity contribution in [2.45, 2.75) is 13.2 Å². The Morgan fingerprint density at radius 3 is 2.89 bits per heavy atom. The zero-order chi connectivity index (χ0) is 13.8. The van der Waals surface area contributed by atoms with Crippen molar-refractivity contribution >= 4 is 6.29 Å². The van der Waals surface area contributed by atoms with Gasteiger partial charge in [-0.15, -0.1) is 0 Å². The first kappa shape index (κ1) is 13.1. The lowest BCUT2D eigenvalue weighted by Gasteiger charge is -2.09. The van der Waals surface area contributed by atoms with Crippen LogP contribution in [0.2, 0.25) is 0 Å². The van der Waals surface area contributed by atoms with Gasteiger partial charge in [0, 0.05) is 12.4 Å². The molecule has 2 aromatic rings. The van der Waals surface area contributed by atoms with Crippen LogP contribution in [-0.2, 0) is 6.61 Å². The number of hydrogen-bond acceptors (Lipinski definition) is 3. The molecule has 0 aliphatic carbocycles. The van der Waals surface area contributed by atoms with Crippen LogP contribution in [0.3, 0.4) is 0 Å². The van der Waals surface area contributed by atoms with Crippen LogP contribution in [0.15, 0.2) is 30.6 Å². The monoisotopic (exact) mass is 270 g/mol. The van der Waals surface area contributed by atoms with Gasteiger partial charge in [-0.05, 0) is 18.2 Å². The van der Waals surface area contributed by atoms with Crippen molar-refractivity contribution in [3.63, 3.8) is 0 Å². The van der Waals surface area contributed by atoms with Crippen molar-refractivity contribution in [3.8, 4) is 5.75 Å². The number of carbonyl (C=O) groups excluding carboxylic acids is 1. The molecule has 100 valence electrons. The molecule has 0 fully saturated rings. The number of imidazole rings is 1. The highest BCUT2D eigenvalue weighted by Crippen LogP contribution is 2.20. The van der Waals surface area contributed by atoms with E-state index in [1.165, 1.54) is 12.3 Å². The minimum absolute atomic E-state index is 0.00940. The Morgan fingerprint density at radius 1 is 1.42 bits per heavy atom. The third kappa shape index (κ3) is 2.93. The highest BCUT2D eigenvalue weighted by Gasteiger charge is 2.12. The first-order valence-electron chi connectivity index (χ1n) is 5.29. The Labute approximate surface area is 106 Å². The fourth-order valence-electron chi connectivity index (χ4n) is 1.52. The number of carbonyl (C=O) groups is 1. The molecule has 1 aromatic heterocycles. The van der Waals surface area contributed by atoms with Gasteiger partial charge in [0.2, 0.25) is 0 Å². The summed E-state index contributed by atoms with van der Waals surface area (Å²) in [5.41, 5.74) is 0.00940. The van der Waals surface area contributed by atoms with Crippen LogP contribution in [0.4, 0.5) is 13.2 Å². The molecule has 4 nitrogen and oxygen atoms in total. The second-order valence-corrected chi connectivity index (χ2v) is 3.62. The molecule has 0 N–H and O–H groups in total. The lowest BCUT2D eigenvalue weighted by atomic mass is 10.2. The van der Waals surface area contributed by atoms with Crippen molar-refractivity contribution < 1.29 is 22.7 Å². The number of nitrogens with zero attached hydrogens (tertiary/aromatic N) is 2. The van der Waals surface area contributed by atoms with Crippen molar-refractivity contribution in [3.05, 3.63) is 47.8 Å². The van der Waals surface area contributed by atoms with Gasteiger partial charge in [0.1, 0.15) is 18.2 Å². The third-order valence-corrected chi connectivity index (χ3v) is 2.41. The molecule has 0 aliphatic rings. The summed E-state index contributed by atoms with van der Waals surface area (Å²) in [6.07, 6.45) is 2.77. The van der Waals surface area contributed by atoms with E-state index in [2.05, 4.69) is 4.98 Å². The number of aromatic nitrogens is 2. The Kier molecular flexibility index (Phi) is 3.84. The van der Waals surface area contributed by atoms with Crippen molar-refractivity contribution in [1.82, 2.24) is 9.55 Å². The molecule has 0 atom stereocenters. The van der Waals surface area contributed by atoms with E-state index < -0.39 is 12.4 Å². The minimum atomic E-state index is -2.72. The summed E-state index contributed by atoms with van der Waals surface area (Å²) in [5.74, 6) is -0.458. The average Bonchev–Trinajstić information content (AvgIpc) is 2.85. The molecular formula is C12H9F3N2O2. The molecule has 0 saturated heterocycles. The highest BCUT2D eigenvalue weighted by molar-refractivity contribution is 5.79. The summed E-state index contributed by atoms with van der Waals surface area (Å²) in [6.45, 7) is -2.97. The number of ether oxygens (including phenoxy) is 1. The summed E-state index contributed by atoms with van der Waals surface area (Å²) in [4.78, 5) is 14.4. The molecule has 2 rings (SSSR count). The number of aldehydes is 1. The summed E-state index contributed by atoms with van der Waals surface area (Å²) in [5, 5.41) is 0. The normalized spacial score (nSPS) is 10.7. The molecule has 0 bridgehead atoms. The fourth-order valence-corrected chi connectivity index (χ4v) is 1.52. The van der Waals surface area contributed by atoms with Gasteiger partial charge in [-0.3, -0.25) is 9.36 Å². The third-order valence-electron chi connectivity index (χ3n) is 2.41. The predicted molar refractivity (Wildman–Crippen MR) is 59.6 cm³/mol. The first-order valence-corrected chi connectivity index (χ1v) is 5.29. The largest absolute Gasteiger partial charge is 0.485 e. The van der Waals surface area contributed by atoms with Gasteiger partial charge >= 0.3 is 6.55 Å². The fraction of sp³-hybridized carbons (Fsp3) is 0.167. The van der Waals surface area contributed by atoms with Gasteiger partial charge in [-0.1, -0.05) is 0 Å². The molecule has 0 amide bonds. The van der Waals surface area contributed by atoms with E-state index in [1.807, 2.05) is 0 Å². The molecule has 0 radical (unpaired) electrons. The Morgan fingerprint density at radius 2 is 2.21 bits per heavy atom. The van der Waals surface area contributed by atoms with Crippen LogP contribution in [0.5, 0.6) is 5.75 Å². The van der Waals surface area contributed by atoms with Gasteiger partial charge in [0.15, 0.2) is 12.1 Å². The maximum Gasteiger partial charge on any atom is 0.320 e. The van der Waals surface area contributed by atoms with Gasteiger partial charge < -0.3 is 4.74 Å². The quantitative estimate of drug-likeness (QED) is 0.785. The lowest BCUT2D eigenvalue weighted by Crippen LogP contribution is -2.08. The number of rotatable bonds is 5. The Balaban J connectivity index is 2.14. The van der Waals surface area contributed by atoms with E-state index in [4.69, 9.17) is 4.74 Å². The summed E-state index contributed by atoms with van der Waals surface area (Å²) >= 11 is 0. The summed E-state index contributed by atoms with van der Waals surface area (Å²) in [7, 11) is 0. The van der Waals surface area contributed by atoms with Crippen LogP contribution >= 0.6 is 0 Å². The van der Waals surface area contributed by atoms with Crippen LogP contribution in [0, 0.1) is 5.82 Å². The minimum Gasteiger partial charge on any atom is -0.485 e. The van der Waals surface area contributed by atoms with Crippen molar-refractivity contribution in [1.29, 1.82) is 0 Å². The van der Waals surface area contributed by atoms with E-state index in [0.717, 1.165) is 18.3 Å². The number of benzene rings is 1. The van der Waals surface area contributed by atoms with Crippen LogP contribution in [-0.4, -0.2) is 15.8 Å². The van der Waals surface area contributed by atoms with Crippen molar-refractivity contribution in [2.24, 2.45) is 0 Å².